The molecule has 1 aromatic rings. The lowest BCUT2D eigenvalue weighted by Gasteiger charge is -2.10. The largest absolute Gasteiger partial charge is 0.381 e. The minimum Gasteiger partial charge on any atom is -0.381 e. The molecule has 0 aromatic heterocycles. The molecule has 9 heteroatoms. The van der Waals surface area contributed by atoms with E-state index in [0.29, 0.717) is 19.8 Å². The minimum absolute atomic E-state index is 0.00353. The molecule has 1 fully saturated rings. The molecular formula is C11H16N2O5S2. The smallest absolute Gasteiger partial charge is 0.240 e. The van der Waals surface area contributed by atoms with Crippen molar-refractivity contribution in [1.82, 2.24) is 4.72 Å². The van der Waals surface area contributed by atoms with E-state index in [9.17, 15) is 16.8 Å². The molecule has 20 heavy (non-hydrogen) atoms. The summed E-state index contributed by atoms with van der Waals surface area (Å²) in [6.45, 7) is 1.50. The summed E-state index contributed by atoms with van der Waals surface area (Å²) in [5.41, 5.74) is 0. The van der Waals surface area contributed by atoms with Crippen LogP contribution in [0.2, 0.25) is 0 Å². The highest BCUT2D eigenvalue weighted by molar-refractivity contribution is 7.89. The average Bonchev–Trinajstić information content (AvgIpc) is 2.89. The second kappa shape index (κ2) is 5.78. The van der Waals surface area contributed by atoms with Crippen molar-refractivity contribution < 1.29 is 21.6 Å². The van der Waals surface area contributed by atoms with E-state index in [1.807, 2.05) is 0 Å². The highest BCUT2D eigenvalue weighted by Crippen LogP contribution is 2.15. The normalized spacial score (nSPS) is 20.1. The maximum atomic E-state index is 12.0. The first-order chi connectivity index (χ1) is 9.29. The Balaban J connectivity index is 2.09. The summed E-state index contributed by atoms with van der Waals surface area (Å²) < 4.78 is 53.9. The molecule has 112 valence electrons. The summed E-state index contributed by atoms with van der Waals surface area (Å²) in [5, 5.41) is 4.95. The zero-order valence-corrected chi connectivity index (χ0v) is 12.3. The van der Waals surface area contributed by atoms with Crippen LogP contribution in [-0.4, -0.2) is 36.6 Å². The predicted octanol–water partition coefficient (Wildman–Crippen LogP) is -0.351. The lowest BCUT2D eigenvalue weighted by Crippen LogP contribution is -2.29. The Morgan fingerprint density at radius 1 is 1.15 bits per heavy atom. The van der Waals surface area contributed by atoms with Gasteiger partial charge in [-0.25, -0.2) is 26.7 Å². The lowest BCUT2D eigenvalue weighted by atomic mass is 10.1. The molecule has 1 aliphatic heterocycles. The highest BCUT2D eigenvalue weighted by Gasteiger charge is 2.20. The third kappa shape index (κ3) is 3.76. The Hall–Kier alpha value is -1.00. The first-order valence-corrected chi connectivity index (χ1v) is 9.02. The van der Waals surface area contributed by atoms with Crippen molar-refractivity contribution in [3.63, 3.8) is 0 Å². The number of nitrogens with two attached hydrogens (primary N) is 1. The van der Waals surface area contributed by atoms with Crippen molar-refractivity contribution in [2.45, 2.75) is 16.2 Å². The van der Waals surface area contributed by atoms with Crippen molar-refractivity contribution in [2.75, 3.05) is 19.8 Å². The van der Waals surface area contributed by atoms with Crippen LogP contribution in [0.3, 0.4) is 0 Å². The fraction of sp³-hybridized carbons (Fsp3) is 0.455. The van der Waals surface area contributed by atoms with E-state index in [4.69, 9.17) is 9.88 Å². The predicted molar refractivity (Wildman–Crippen MR) is 71.9 cm³/mol. The molecule has 7 nitrogen and oxygen atoms in total. The van der Waals surface area contributed by atoms with Crippen LogP contribution < -0.4 is 9.86 Å². The standard InChI is InChI=1S/C11H16N2O5S2/c12-19(14,15)10-1-3-11(4-2-10)20(16,17)13-7-9-5-6-18-8-9/h1-4,9,13H,5-8H2,(H2,12,14,15). The monoisotopic (exact) mass is 320 g/mol. The highest BCUT2D eigenvalue weighted by atomic mass is 32.2. The summed E-state index contributed by atoms with van der Waals surface area (Å²) >= 11 is 0. The van der Waals surface area contributed by atoms with Gasteiger partial charge in [0.2, 0.25) is 20.0 Å². The van der Waals surface area contributed by atoms with Gasteiger partial charge in [0.25, 0.3) is 0 Å². The SMILES string of the molecule is NS(=O)(=O)c1ccc(S(=O)(=O)NCC2CCOC2)cc1. The van der Waals surface area contributed by atoms with Gasteiger partial charge < -0.3 is 4.74 Å². The van der Waals surface area contributed by atoms with Gasteiger partial charge in [-0.2, -0.15) is 0 Å². The van der Waals surface area contributed by atoms with E-state index in [-0.39, 0.29) is 15.7 Å². The van der Waals surface area contributed by atoms with Crippen molar-refractivity contribution >= 4 is 20.0 Å². The van der Waals surface area contributed by atoms with E-state index < -0.39 is 20.0 Å². The lowest BCUT2D eigenvalue weighted by molar-refractivity contribution is 0.186. The van der Waals surface area contributed by atoms with Crippen LogP contribution in [0.5, 0.6) is 0 Å². The van der Waals surface area contributed by atoms with Gasteiger partial charge in [0.1, 0.15) is 0 Å². The topological polar surface area (TPSA) is 116 Å². The second-order valence-corrected chi connectivity index (χ2v) is 7.93. The molecule has 2 rings (SSSR count). The number of sulfonamides is 2. The number of rotatable bonds is 5. The maximum absolute atomic E-state index is 12.0. The molecule has 1 saturated heterocycles. The summed E-state index contributed by atoms with van der Waals surface area (Å²) in [5.74, 6) is 0.175. The minimum atomic E-state index is -3.82. The molecule has 0 aliphatic carbocycles. The van der Waals surface area contributed by atoms with Gasteiger partial charge in [-0.1, -0.05) is 0 Å². The summed E-state index contributed by atoms with van der Waals surface area (Å²) in [7, 11) is -7.47. The molecule has 1 unspecified atom stereocenters. The summed E-state index contributed by atoms with van der Waals surface area (Å²) in [6.07, 6.45) is 0.826. The molecule has 0 saturated carbocycles. The third-order valence-electron chi connectivity index (χ3n) is 3.05. The Labute approximate surface area is 118 Å². The van der Waals surface area contributed by atoms with Gasteiger partial charge in [-0.05, 0) is 36.6 Å². The van der Waals surface area contributed by atoms with E-state index >= 15 is 0 Å². The van der Waals surface area contributed by atoms with Gasteiger partial charge in [0.05, 0.1) is 16.4 Å². The maximum Gasteiger partial charge on any atom is 0.240 e. The first-order valence-electron chi connectivity index (χ1n) is 5.99. The van der Waals surface area contributed by atoms with Crippen LogP contribution in [0, 0.1) is 5.92 Å². The van der Waals surface area contributed by atoms with Crippen molar-refractivity contribution in [3.05, 3.63) is 24.3 Å². The van der Waals surface area contributed by atoms with Gasteiger partial charge >= 0.3 is 0 Å². The number of hydrogen-bond donors (Lipinski definition) is 2. The Bertz CT molecular complexity index is 661. The summed E-state index contributed by atoms with van der Waals surface area (Å²) in [6, 6.07) is 4.77. The zero-order valence-electron chi connectivity index (χ0n) is 10.7. The van der Waals surface area contributed by atoms with Gasteiger partial charge in [-0.3, -0.25) is 0 Å². The number of benzene rings is 1. The molecule has 0 amide bonds. The van der Waals surface area contributed by atoms with E-state index in [0.717, 1.165) is 6.42 Å². The number of hydrogen-bond acceptors (Lipinski definition) is 5. The van der Waals surface area contributed by atoms with Gasteiger partial charge in [-0.15, -0.1) is 0 Å². The molecule has 0 spiro atoms. The second-order valence-electron chi connectivity index (χ2n) is 4.60. The summed E-state index contributed by atoms with van der Waals surface area (Å²) in [4.78, 5) is -0.121. The zero-order chi connectivity index (χ0) is 14.8. The van der Waals surface area contributed by atoms with Crippen LogP contribution in [0.1, 0.15) is 6.42 Å². The Kier molecular flexibility index (Phi) is 4.45. The molecule has 0 bridgehead atoms. The van der Waals surface area contributed by atoms with Crippen LogP contribution in [-0.2, 0) is 24.8 Å². The fourth-order valence-corrected chi connectivity index (χ4v) is 3.50. The number of primary sulfonamides is 1. The fourth-order valence-electron chi connectivity index (χ4n) is 1.86. The van der Waals surface area contributed by atoms with E-state index in [2.05, 4.69) is 4.72 Å². The van der Waals surface area contributed by atoms with E-state index in [1.54, 1.807) is 0 Å². The molecular weight excluding hydrogens is 304 g/mol. The molecule has 0 radical (unpaired) electrons. The van der Waals surface area contributed by atoms with Gasteiger partial charge in [0, 0.05) is 13.2 Å². The first kappa shape index (κ1) is 15.4. The van der Waals surface area contributed by atoms with Crippen molar-refractivity contribution in [3.8, 4) is 0 Å². The van der Waals surface area contributed by atoms with Crippen LogP contribution in [0.4, 0.5) is 0 Å². The van der Waals surface area contributed by atoms with Crippen LogP contribution >= 0.6 is 0 Å². The molecule has 1 atom stereocenters. The third-order valence-corrected chi connectivity index (χ3v) is 5.42. The molecule has 1 heterocycles. The number of ether oxygens (including phenoxy) is 1. The van der Waals surface area contributed by atoms with Crippen molar-refractivity contribution in [1.29, 1.82) is 0 Å². The van der Waals surface area contributed by atoms with Gasteiger partial charge in [0.15, 0.2) is 0 Å². The average molecular weight is 320 g/mol. The van der Waals surface area contributed by atoms with Crippen LogP contribution in [0.15, 0.2) is 34.1 Å². The molecule has 1 aromatic carbocycles. The van der Waals surface area contributed by atoms with E-state index in [1.165, 1.54) is 24.3 Å². The van der Waals surface area contributed by atoms with Crippen LogP contribution in [0.25, 0.3) is 0 Å². The number of nitrogens with one attached hydrogen (secondary N) is 1. The quantitative estimate of drug-likeness (QED) is 0.769. The molecule has 3 N–H and O–H groups in total. The Morgan fingerprint density at radius 3 is 2.25 bits per heavy atom. The van der Waals surface area contributed by atoms with Crippen molar-refractivity contribution in [2.24, 2.45) is 11.1 Å². The Morgan fingerprint density at radius 2 is 1.75 bits per heavy atom. The molecule has 1 aliphatic rings.